The Kier molecular flexibility index (Phi) is 4.98. The van der Waals surface area contributed by atoms with Gasteiger partial charge in [-0.1, -0.05) is 22.9 Å². The Morgan fingerprint density at radius 1 is 1.43 bits per heavy atom. The van der Waals surface area contributed by atoms with Crippen molar-refractivity contribution in [3.8, 4) is 5.75 Å². The van der Waals surface area contributed by atoms with Gasteiger partial charge in [0.1, 0.15) is 5.75 Å². The molecule has 0 unspecified atom stereocenters. The normalized spacial score (nSPS) is 10.2. The maximum absolute atomic E-state index is 5.17. The summed E-state index contributed by atoms with van der Waals surface area (Å²) in [6.07, 6.45) is 1.15. The van der Waals surface area contributed by atoms with Gasteiger partial charge in [0.2, 0.25) is 0 Å². The summed E-state index contributed by atoms with van der Waals surface area (Å²) in [5, 5.41) is 3.36. The largest absolute Gasteiger partial charge is 0.497 e. The van der Waals surface area contributed by atoms with Gasteiger partial charge in [-0.25, -0.2) is 0 Å². The van der Waals surface area contributed by atoms with Crippen molar-refractivity contribution in [3.63, 3.8) is 0 Å². The van der Waals surface area contributed by atoms with E-state index in [0.29, 0.717) is 0 Å². The molecule has 0 fully saturated rings. The Hall–Kier alpha value is -0.540. The van der Waals surface area contributed by atoms with Gasteiger partial charge in [-0.15, -0.1) is 0 Å². The number of halogens is 1. The summed E-state index contributed by atoms with van der Waals surface area (Å²) in [7, 11) is 1.69. The quantitative estimate of drug-likeness (QED) is 0.820. The molecule has 0 heterocycles. The molecule has 78 valence electrons. The first-order valence-electron chi connectivity index (χ1n) is 4.81. The summed E-state index contributed by atoms with van der Waals surface area (Å²) >= 11 is 3.52. The molecule has 1 aromatic rings. The van der Waals surface area contributed by atoms with Crippen molar-refractivity contribution >= 4 is 15.9 Å². The third-order valence-corrected chi connectivity index (χ3v) is 2.77. The first-order chi connectivity index (χ1) is 6.77. The van der Waals surface area contributed by atoms with E-state index in [-0.39, 0.29) is 0 Å². The van der Waals surface area contributed by atoms with E-state index in [1.54, 1.807) is 7.11 Å². The van der Waals surface area contributed by atoms with E-state index in [4.69, 9.17) is 4.74 Å². The van der Waals surface area contributed by atoms with E-state index >= 15 is 0 Å². The van der Waals surface area contributed by atoms with E-state index in [9.17, 15) is 0 Å². The van der Waals surface area contributed by atoms with Crippen molar-refractivity contribution in [3.05, 3.63) is 28.2 Å². The molecule has 0 saturated heterocycles. The SMILES string of the molecule is CCCNCc1cc(OC)ccc1Br. The molecule has 1 rings (SSSR count). The minimum absolute atomic E-state index is 0.881. The molecule has 0 saturated carbocycles. The lowest BCUT2D eigenvalue weighted by Crippen LogP contribution is -2.14. The van der Waals surface area contributed by atoms with Crippen LogP contribution < -0.4 is 10.1 Å². The Labute approximate surface area is 93.8 Å². The average molecular weight is 258 g/mol. The molecule has 0 atom stereocenters. The summed E-state index contributed by atoms with van der Waals surface area (Å²) in [6.45, 7) is 4.09. The molecule has 3 heteroatoms. The highest BCUT2D eigenvalue weighted by atomic mass is 79.9. The highest BCUT2D eigenvalue weighted by Gasteiger charge is 2.00. The highest BCUT2D eigenvalue weighted by molar-refractivity contribution is 9.10. The number of hydrogen-bond acceptors (Lipinski definition) is 2. The number of rotatable bonds is 5. The minimum atomic E-state index is 0.881. The van der Waals surface area contributed by atoms with Crippen LogP contribution in [0, 0.1) is 0 Å². The van der Waals surface area contributed by atoms with Gasteiger partial charge >= 0.3 is 0 Å². The fraction of sp³-hybridized carbons (Fsp3) is 0.455. The summed E-state index contributed by atoms with van der Waals surface area (Å²) in [4.78, 5) is 0. The first kappa shape index (κ1) is 11.5. The monoisotopic (exact) mass is 257 g/mol. The van der Waals surface area contributed by atoms with Crippen LogP contribution in [0.1, 0.15) is 18.9 Å². The van der Waals surface area contributed by atoms with Crippen molar-refractivity contribution in [1.29, 1.82) is 0 Å². The van der Waals surface area contributed by atoms with E-state index < -0.39 is 0 Å². The molecule has 14 heavy (non-hydrogen) atoms. The zero-order valence-corrected chi connectivity index (χ0v) is 10.2. The molecule has 1 N–H and O–H groups in total. The van der Waals surface area contributed by atoms with Crippen LogP contribution in [-0.4, -0.2) is 13.7 Å². The van der Waals surface area contributed by atoms with Gasteiger partial charge < -0.3 is 10.1 Å². The molecule has 0 aliphatic heterocycles. The minimum Gasteiger partial charge on any atom is -0.497 e. The molecule has 1 aromatic carbocycles. The Balaban J connectivity index is 2.64. The van der Waals surface area contributed by atoms with Gasteiger partial charge in [-0.2, -0.15) is 0 Å². The van der Waals surface area contributed by atoms with Crippen LogP contribution in [0.5, 0.6) is 5.75 Å². The molecule has 0 aliphatic carbocycles. The number of hydrogen-bond donors (Lipinski definition) is 1. The summed E-state index contributed by atoms with van der Waals surface area (Å²) in [5.41, 5.74) is 1.23. The number of nitrogens with one attached hydrogen (secondary N) is 1. The van der Waals surface area contributed by atoms with Gasteiger partial charge in [-0.3, -0.25) is 0 Å². The number of benzene rings is 1. The second-order valence-electron chi connectivity index (χ2n) is 3.13. The maximum Gasteiger partial charge on any atom is 0.119 e. The van der Waals surface area contributed by atoms with Crippen LogP contribution in [0.25, 0.3) is 0 Å². The fourth-order valence-electron chi connectivity index (χ4n) is 1.21. The Morgan fingerprint density at radius 2 is 2.21 bits per heavy atom. The highest BCUT2D eigenvalue weighted by Crippen LogP contribution is 2.22. The summed E-state index contributed by atoms with van der Waals surface area (Å²) < 4.78 is 6.29. The molecule has 0 aromatic heterocycles. The van der Waals surface area contributed by atoms with Crippen LogP contribution in [0.2, 0.25) is 0 Å². The van der Waals surface area contributed by atoms with Crippen molar-refractivity contribution in [1.82, 2.24) is 5.32 Å². The predicted octanol–water partition coefficient (Wildman–Crippen LogP) is 2.96. The van der Waals surface area contributed by atoms with Crippen molar-refractivity contribution < 1.29 is 4.74 Å². The molecular weight excluding hydrogens is 242 g/mol. The second-order valence-corrected chi connectivity index (χ2v) is 3.99. The Morgan fingerprint density at radius 3 is 2.86 bits per heavy atom. The lowest BCUT2D eigenvalue weighted by Gasteiger charge is -2.07. The maximum atomic E-state index is 5.17. The van der Waals surface area contributed by atoms with Crippen LogP contribution in [0.4, 0.5) is 0 Å². The zero-order chi connectivity index (χ0) is 10.4. The van der Waals surface area contributed by atoms with Crippen molar-refractivity contribution in [2.75, 3.05) is 13.7 Å². The van der Waals surface area contributed by atoms with Crippen LogP contribution in [0.15, 0.2) is 22.7 Å². The second kappa shape index (κ2) is 6.04. The lowest BCUT2D eigenvalue weighted by molar-refractivity contribution is 0.414. The van der Waals surface area contributed by atoms with E-state index in [1.165, 1.54) is 5.56 Å². The van der Waals surface area contributed by atoms with E-state index in [2.05, 4.69) is 28.2 Å². The van der Waals surface area contributed by atoms with E-state index in [1.807, 2.05) is 18.2 Å². The predicted molar refractivity (Wildman–Crippen MR) is 62.7 cm³/mol. The smallest absolute Gasteiger partial charge is 0.119 e. The third kappa shape index (κ3) is 3.31. The van der Waals surface area contributed by atoms with Gasteiger partial charge in [0.05, 0.1) is 7.11 Å². The number of ether oxygens (including phenoxy) is 1. The topological polar surface area (TPSA) is 21.3 Å². The molecule has 0 amide bonds. The molecule has 0 aliphatic rings. The Bertz CT molecular complexity index is 289. The van der Waals surface area contributed by atoms with Gasteiger partial charge in [0.15, 0.2) is 0 Å². The lowest BCUT2D eigenvalue weighted by atomic mass is 10.2. The van der Waals surface area contributed by atoms with Gasteiger partial charge in [0, 0.05) is 11.0 Å². The zero-order valence-electron chi connectivity index (χ0n) is 8.64. The fourth-order valence-corrected chi connectivity index (χ4v) is 1.60. The van der Waals surface area contributed by atoms with E-state index in [0.717, 1.165) is 29.7 Å². The molecular formula is C11H16BrNO. The number of methoxy groups -OCH3 is 1. The van der Waals surface area contributed by atoms with Crippen LogP contribution in [-0.2, 0) is 6.54 Å². The standard InChI is InChI=1S/C11H16BrNO/c1-3-6-13-8-9-7-10(14-2)4-5-11(9)12/h4-5,7,13H,3,6,8H2,1-2H3. The van der Waals surface area contributed by atoms with Crippen molar-refractivity contribution in [2.24, 2.45) is 0 Å². The third-order valence-electron chi connectivity index (χ3n) is 2.00. The van der Waals surface area contributed by atoms with Gasteiger partial charge in [0.25, 0.3) is 0 Å². The summed E-state index contributed by atoms with van der Waals surface area (Å²) in [5.74, 6) is 0.904. The molecule has 0 bridgehead atoms. The first-order valence-corrected chi connectivity index (χ1v) is 5.60. The average Bonchev–Trinajstić information content (AvgIpc) is 2.21. The molecule has 2 nitrogen and oxygen atoms in total. The van der Waals surface area contributed by atoms with Crippen LogP contribution in [0.3, 0.4) is 0 Å². The molecule has 0 spiro atoms. The van der Waals surface area contributed by atoms with Crippen molar-refractivity contribution in [2.45, 2.75) is 19.9 Å². The summed E-state index contributed by atoms with van der Waals surface area (Å²) in [6, 6.07) is 6.02. The van der Waals surface area contributed by atoms with Crippen LogP contribution >= 0.6 is 15.9 Å². The van der Waals surface area contributed by atoms with Gasteiger partial charge in [-0.05, 0) is 36.7 Å². The molecule has 0 radical (unpaired) electrons.